The molecule has 11 heavy (non-hydrogen) atoms. The first-order chi connectivity index (χ1) is 4.18. The zero-order valence-electron chi connectivity index (χ0n) is 6.03. The maximum atomic E-state index is 10.0. The summed E-state index contributed by atoms with van der Waals surface area (Å²) in [5.41, 5.74) is 10.3. The van der Waals surface area contributed by atoms with Gasteiger partial charge in [0.15, 0.2) is 0 Å². The van der Waals surface area contributed by atoms with E-state index in [1.54, 1.807) is 0 Å². The Bertz CT molecular complexity index is 102. The number of halogens is 2. The Morgan fingerprint density at radius 1 is 1.45 bits per heavy atom. The molecule has 1 unspecified atom stereocenters. The van der Waals surface area contributed by atoms with Crippen LogP contribution in [0.1, 0.15) is 12.8 Å². The molecular weight excluding hydrogens is 191 g/mol. The van der Waals surface area contributed by atoms with Crippen molar-refractivity contribution in [3.63, 3.8) is 0 Å². The molecule has 6 heteroatoms. The van der Waals surface area contributed by atoms with E-state index in [0.29, 0.717) is 19.4 Å². The maximum absolute atomic E-state index is 10.0. The Morgan fingerprint density at radius 3 is 2.18 bits per heavy atom. The van der Waals surface area contributed by atoms with Crippen LogP contribution in [0.4, 0.5) is 0 Å². The van der Waals surface area contributed by atoms with Gasteiger partial charge in [0, 0.05) is 0 Å². The predicted octanol–water partition coefficient (Wildman–Crippen LogP) is -0.0192. The Labute approximate surface area is 78.1 Å². The largest absolute Gasteiger partial charge is 0.480 e. The molecule has 0 aliphatic heterocycles. The zero-order chi connectivity index (χ0) is 7.28. The average molecular weight is 205 g/mol. The molecule has 0 aromatic heterocycles. The lowest BCUT2D eigenvalue weighted by Gasteiger charge is -2.02. The summed E-state index contributed by atoms with van der Waals surface area (Å²) in [6.07, 6.45) is 1.14. The van der Waals surface area contributed by atoms with Crippen molar-refractivity contribution in [2.45, 2.75) is 18.9 Å². The Hall–Kier alpha value is -0.0300. The van der Waals surface area contributed by atoms with E-state index in [-0.39, 0.29) is 24.8 Å². The van der Waals surface area contributed by atoms with E-state index in [2.05, 4.69) is 0 Å². The molecule has 0 rings (SSSR count). The predicted molar refractivity (Wildman–Crippen MR) is 48.4 cm³/mol. The highest BCUT2D eigenvalue weighted by Crippen LogP contribution is 1.91. The van der Waals surface area contributed by atoms with Gasteiger partial charge >= 0.3 is 5.97 Å². The summed E-state index contributed by atoms with van der Waals surface area (Å²) < 4.78 is 0. The first kappa shape index (κ1) is 17.2. The molecule has 0 fully saturated rings. The molecular formula is C5H14Cl2N2O2. The minimum absolute atomic E-state index is 0. The van der Waals surface area contributed by atoms with Crippen molar-refractivity contribution in [3.05, 3.63) is 0 Å². The number of carboxylic acids is 1. The second-order valence-corrected chi connectivity index (χ2v) is 1.88. The monoisotopic (exact) mass is 204 g/mol. The third kappa shape index (κ3) is 9.97. The summed E-state index contributed by atoms with van der Waals surface area (Å²) in [4.78, 5) is 10.0. The quantitative estimate of drug-likeness (QED) is 0.601. The summed E-state index contributed by atoms with van der Waals surface area (Å²) >= 11 is 0. The van der Waals surface area contributed by atoms with Gasteiger partial charge in [-0.1, -0.05) is 0 Å². The van der Waals surface area contributed by atoms with Crippen LogP contribution in [0.5, 0.6) is 0 Å². The average Bonchev–Trinajstić information content (AvgIpc) is 1.82. The van der Waals surface area contributed by atoms with Crippen molar-refractivity contribution in [1.82, 2.24) is 0 Å². The standard InChI is InChI=1S/C5H12N2O2.2ClH/c6-3-1-2-4(7)5(8)9;;/h4H,1-3,6-7H2,(H,8,9);2*1H. The molecule has 0 aromatic rings. The molecule has 0 spiro atoms. The number of aliphatic carboxylic acids is 1. The molecule has 0 heterocycles. The smallest absolute Gasteiger partial charge is 0.320 e. The molecule has 0 aliphatic rings. The number of hydrogen-bond donors (Lipinski definition) is 3. The third-order valence-electron chi connectivity index (χ3n) is 1.04. The van der Waals surface area contributed by atoms with Crippen molar-refractivity contribution in [1.29, 1.82) is 0 Å². The number of carbonyl (C=O) groups is 1. The van der Waals surface area contributed by atoms with Crippen LogP contribution in [-0.2, 0) is 4.79 Å². The van der Waals surface area contributed by atoms with Crippen molar-refractivity contribution >= 4 is 30.8 Å². The third-order valence-corrected chi connectivity index (χ3v) is 1.04. The van der Waals surface area contributed by atoms with E-state index in [1.807, 2.05) is 0 Å². The SMILES string of the molecule is Cl.Cl.NCCCC(N)C(=O)O. The Balaban J connectivity index is -0.000000320. The van der Waals surface area contributed by atoms with Gasteiger partial charge in [-0.15, -0.1) is 24.8 Å². The van der Waals surface area contributed by atoms with Crippen LogP contribution in [-0.4, -0.2) is 23.7 Å². The van der Waals surface area contributed by atoms with Gasteiger partial charge in [-0.05, 0) is 19.4 Å². The number of carboxylic acid groups (broad SMARTS) is 1. The molecule has 0 radical (unpaired) electrons. The zero-order valence-corrected chi connectivity index (χ0v) is 7.66. The highest BCUT2D eigenvalue weighted by atomic mass is 35.5. The minimum Gasteiger partial charge on any atom is -0.480 e. The highest BCUT2D eigenvalue weighted by Gasteiger charge is 2.08. The first-order valence-corrected chi connectivity index (χ1v) is 2.87. The van der Waals surface area contributed by atoms with Gasteiger partial charge in [-0.2, -0.15) is 0 Å². The van der Waals surface area contributed by atoms with Gasteiger partial charge in [-0.25, -0.2) is 0 Å². The number of hydrogen-bond acceptors (Lipinski definition) is 3. The number of nitrogens with two attached hydrogens (primary N) is 2. The highest BCUT2D eigenvalue weighted by molar-refractivity contribution is 5.85. The normalized spacial score (nSPS) is 10.7. The topological polar surface area (TPSA) is 89.3 Å². The van der Waals surface area contributed by atoms with E-state index in [0.717, 1.165) is 0 Å². The van der Waals surface area contributed by atoms with E-state index in [1.165, 1.54) is 0 Å². The molecule has 5 N–H and O–H groups in total. The molecule has 0 saturated heterocycles. The first-order valence-electron chi connectivity index (χ1n) is 2.87. The summed E-state index contributed by atoms with van der Waals surface area (Å²) in [5, 5.41) is 8.24. The molecule has 0 saturated carbocycles. The molecule has 0 aromatic carbocycles. The van der Waals surface area contributed by atoms with Crippen molar-refractivity contribution in [3.8, 4) is 0 Å². The van der Waals surface area contributed by atoms with Crippen molar-refractivity contribution < 1.29 is 9.90 Å². The Kier molecular flexibility index (Phi) is 15.6. The van der Waals surface area contributed by atoms with E-state index < -0.39 is 12.0 Å². The van der Waals surface area contributed by atoms with Gasteiger partial charge in [0.05, 0.1) is 0 Å². The van der Waals surface area contributed by atoms with Gasteiger partial charge in [0.25, 0.3) is 0 Å². The summed E-state index contributed by atoms with van der Waals surface area (Å²) in [5.74, 6) is -0.955. The molecule has 0 amide bonds. The molecule has 0 aliphatic carbocycles. The van der Waals surface area contributed by atoms with Crippen molar-refractivity contribution in [2.24, 2.45) is 11.5 Å². The maximum Gasteiger partial charge on any atom is 0.320 e. The fraction of sp³-hybridized carbons (Fsp3) is 0.800. The Morgan fingerprint density at radius 2 is 1.91 bits per heavy atom. The van der Waals surface area contributed by atoms with Crippen molar-refractivity contribution in [2.75, 3.05) is 6.54 Å². The fourth-order valence-electron chi connectivity index (χ4n) is 0.461. The summed E-state index contributed by atoms with van der Waals surface area (Å²) in [6, 6.07) is -0.742. The van der Waals surface area contributed by atoms with E-state index >= 15 is 0 Å². The minimum atomic E-state index is -0.955. The number of rotatable bonds is 4. The molecule has 70 valence electrons. The van der Waals surface area contributed by atoms with Crippen LogP contribution in [0.15, 0.2) is 0 Å². The lowest BCUT2D eigenvalue weighted by Crippen LogP contribution is -2.30. The van der Waals surface area contributed by atoms with Gasteiger partial charge in [0.1, 0.15) is 6.04 Å². The van der Waals surface area contributed by atoms with Crippen LogP contribution in [0, 0.1) is 0 Å². The van der Waals surface area contributed by atoms with Crippen LogP contribution in [0.25, 0.3) is 0 Å². The molecule has 4 nitrogen and oxygen atoms in total. The molecule has 0 bridgehead atoms. The van der Waals surface area contributed by atoms with Gasteiger partial charge < -0.3 is 16.6 Å². The van der Waals surface area contributed by atoms with Crippen LogP contribution < -0.4 is 11.5 Å². The lowest BCUT2D eigenvalue weighted by molar-refractivity contribution is -0.138. The summed E-state index contributed by atoms with van der Waals surface area (Å²) in [7, 11) is 0. The van der Waals surface area contributed by atoms with Crippen LogP contribution in [0.2, 0.25) is 0 Å². The summed E-state index contributed by atoms with van der Waals surface area (Å²) in [6.45, 7) is 0.501. The van der Waals surface area contributed by atoms with E-state index in [4.69, 9.17) is 16.6 Å². The van der Waals surface area contributed by atoms with Gasteiger partial charge in [0.2, 0.25) is 0 Å². The second kappa shape index (κ2) is 9.97. The van der Waals surface area contributed by atoms with Crippen LogP contribution in [0.3, 0.4) is 0 Å². The van der Waals surface area contributed by atoms with Crippen LogP contribution >= 0.6 is 24.8 Å². The molecule has 1 atom stereocenters. The second-order valence-electron chi connectivity index (χ2n) is 1.88. The lowest BCUT2D eigenvalue weighted by atomic mass is 10.2. The fourth-order valence-corrected chi connectivity index (χ4v) is 0.461. The van der Waals surface area contributed by atoms with Gasteiger partial charge in [-0.3, -0.25) is 4.79 Å². The van der Waals surface area contributed by atoms with E-state index in [9.17, 15) is 4.79 Å².